The Morgan fingerprint density at radius 2 is 2.38 bits per heavy atom. The summed E-state index contributed by atoms with van der Waals surface area (Å²) in [4.78, 5) is 0. The molecule has 0 aromatic carbocycles. The van der Waals surface area contributed by atoms with E-state index in [9.17, 15) is 0 Å². The first-order valence-corrected chi connectivity index (χ1v) is 5.99. The number of likely N-dealkylation sites (N-methyl/N-ethyl adjacent to an activating group) is 1. The maximum atomic E-state index is 3.38. The Kier molecular flexibility index (Phi) is 5.09. The molecule has 1 nitrogen and oxygen atoms in total. The number of hydrogen-bond acceptors (Lipinski definition) is 2. The minimum atomic E-state index is 0.662. The standard InChI is InChI=1S/C11H19NS/c1-3-4-5-11(12-2)8-10-6-7-13-9-10/h6-7,9,11-12H,3-5,8H2,1-2H3. The zero-order valence-electron chi connectivity index (χ0n) is 8.55. The quantitative estimate of drug-likeness (QED) is 0.739. The van der Waals surface area contributed by atoms with Crippen molar-refractivity contribution in [3.05, 3.63) is 22.4 Å². The van der Waals surface area contributed by atoms with Gasteiger partial charge < -0.3 is 5.32 Å². The highest BCUT2D eigenvalue weighted by Gasteiger charge is 2.06. The molecule has 0 spiro atoms. The second kappa shape index (κ2) is 6.17. The van der Waals surface area contributed by atoms with Crippen LogP contribution in [0.4, 0.5) is 0 Å². The first-order valence-electron chi connectivity index (χ1n) is 5.05. The molecule has 0 saturated carbocycles. The van der Waals surface area contributed by atoms with Crippen LogP contribution in [-0.2, 0) is 6.42 Å². The van der Waals surface area contributed by atoms with Crippen molar-refractivity contribution in [2.45, 2.75) is 38.6 Å². The number of thiophene rings is 1. The van der Waals surface area contributed by atoms with Gasteiger partial charge in [0.25, 0.3) is 0 Å². The summed E-state index contributed by atoms with van der Waals surface area (Å²) in [5.41, 5.74) is 1.47. The van der Waals surface area contributed by atoms with Gasteiger partial charge in [-0.2, -0.15) is 11.3 Å². The van der Waals surface area contributed by atoms with Crippen molar-refractivity contribution in [2.75, 3.05) is 7.05 Å². The van der Waals surface area contributed by atoms with Gasteiger partial charge in [0.15, 0.2) is 0 Å². The Morgan fingerprint density at radius 1 is 1.54 bits per heavy atom. The summed E-state index contributed by atoms with van der Waals surface area (Å²) in [7, 11) is 2.06. The molecule has 0 aliphatic heterocycles. The van der Waals surface area contributed by atoms with Crippen LogP contribution in [0.3, 0.4) is 0 Å². The van der Waals surface area contributed by atoms with E-state index in [1.165, 1.54) is 31.2 Å². The van der Waals surface area contributed by atoms with Crippen LogP contribution >= 0.6 is 11.3 Å². The van der Waals surface area contributed by atoms with Gasteiger partial charge in [-0.25, -0.2) is 0 Å². The fraction of sp³-hybridized carbons (Fsp3) is 0.636. The average molecular weight is 197 g/mol. The maximum absolute atomic E-state index is 3.38. The van der Waals surface area contributed by atoms with E-state index in [4.69, 9.17) is 0 Å². The number of rotatable bonds is 6. The lowest BCUT2D eigenvalue weighted by molar-refractivity contribution is 0.499. The number of nitrogens with one attached hydrogen (secondary N) is 1. The van der Waals surface area contributed by atoms with Crippen molar-refractivity contribution >= 4 is 11.3 Å². The van der Waals surface area contributed by atoms with Gasteiger partial charge >= 0.3 is 0 Å². The first kappa shape index (κ1) is 10.7. The van der Waals surface area contributed by atoms with Crippen LogP contribution in [0.25, 0.3) is 0 Å². The van der Waals surface area contributed by atoms with Gasteiger partial charge in [0.05, 0.1) is 0 Å². The van der Waals surface area contributed by atoms with Crippen LogP contribution in [0.15, 0.2) is 16.8 Å². The molecule has 0 amide bonds. The Balaban J connectivity index is 2.31. The van der Waals surface area contributed by atoms with Crippen molar-refractivity contribution in [2.24, 2.45) is 0 Å². The van der Waals surface area contributed by atoms with Gasteiger partial charge in [-0.3, -0.25) is 0 Å². The van der Waals surface area contributed by atoms with Crippen LogP contribution in [0, 0.1) is 0 Å². The Labute approximate surface area is 85.2 Å². The topological polar surface area (TPSA) is 12.0 Å². The zero-order chi connectivity index (χ0) is 9.52. The fourth-order valence-corrected chi connectivity index (χ4v) is 2.17. The van der Waals surface area contributed by atoms with Gasteiger partial charge in [-0.1, -0.05) is 19.8 Å². The molecule has 1 atom stereocenters. The van der Waals surface area contributed by atoms with Gasteiger partial charge in [-0.15, -0.1) is 0 Å². The molecule has 0 aliphatic rings. The minimum Gasteiger partial charge on any atom is -0.317 e. The molecule has 1 aromatic rings. The summed E-state index contributed by atoms with van der Waals surface area (Å²) in [6, 6.07) is 2.88. The third-order valence-corrected chi connectivity index (χ3v) is 3.11. The molecule has 1 N–H and O–H groups in total. The normalized spacial score (nSPS) is 13.1. The smallest absolute Gasteiger partial charge is 0.0105 e. The lowest BCUT2D eigenvalue weighted by Gasteiger charge is -2.14. The lowest BCUT2D eigenvalue weighted by atomic mass is 10.0. The van der Waals surface area contributed by atoms with Crippen LogP contribution in [-0.4, -0.2) is 13.1 Å². The molecule has 0 saturated heterocycles. The summed E-state index contributed by atoms with van der Waals surface area (Å²) in [6.07, 6.45) is 5.10. The van der Waals surface area contributed by atoms with Gasteiger partial charge in [0, 0.05) is 6.04 Å². The molecular formula is C11H19NS. The molecule has 0 bridgehead atoms. The third kappa shape index (κ3) is 3.92. The summed E-state index contributed by atoms with van der Waals surface area (Å²) < 4.78 is 0. The molecular weight excluding hydrogens is 178 g/mol. The second-order valence-electron chi connectivity index (χ2n) is 3.46. The molecule has 74 valence electrons. The van der Waals surface area contributed by atoms with Crippen molar-refractivity contribution in [3.8, 4) is 0 Å². The zero-order valence-corrected chi connectivity index (χ0v) is 9.36. The Morgan fingerprint density at radius 3 is 2.92 bits per heavy atom. The van der Waals surface area contributed by atoms with E-state index in [1.54, 1.807) is 11.3 Å². The van der Waals surface area contributed by atoms with E-state index in [1.807, 2.05) is 0 Å². The maximum Gasteiger partial charge on any atom is 0.0105 e. The van der Waals surface area contributed by atoms with Crippen LogP contribution < -0.4 is 5.32 Å². The SMILES string of the molecule is CCCCC(Cc1ccsc1)NC. The van der Waals surface area contributed by atoms with E-state index < -0.39 is 0 Å². The highest BCUT2D eigenvalue weighted by atomic mass is 32.1. The lowest BCUT2D eigenvalue weighted by Crippen LogP contribution is -2.27. The molecule has 1 unspecified atom stereocenters. The summed E-state index contributed by atoms with van der Waals surface area (Å²) >= 11 is 1.79. The van der Waals surface area contributed by atoms with E-state index >= 15 is 0 Å². The predicted molar refractivity (Wildman–Crippen MR) is 60.4 cm³/mol. The Hall–Kier alpha value is -0.340. The largest absolute Gasteiger partial charge is 0.317 e. The van der Waals surface area contributed by atoms with E-state index in [2.05, 4.69) is 36.1 Å². The van der Waals surface area contributed by atoms with Crippen LogP contribution in [0.1, 0.15) is 31.7 Å². The van der Waals surface area contributed by atoms with Crippen LogP contribution in [0.5, 0.6) is 0 Å². The van der Waals surface area contributed by atoms with Crippen molar-refractivity contribution in [3.63, 3.8) is 0 Å². The summed E-state index contributed by atoms with van der Waals surface area (Å²) in [6.45, 7) is 2.25. The molecule has 2 heteroatoms. The van der Waals surface area contributed by atoms with Crippen molar-refractivity contribution in [1.29, 1.82) is 0 Å². The van der Waals surface area contributed by atoms with Gasteiger partial charge in [-0.05, 0) is 42.3 Å². The molecule has 1 rings (SSSR count). The minimum absolute atomic E-state index is 0.662. The predicted octanol–water partition coefficient (Wildman–Crippen LogP) is 3.07. The highest BCUT2D eigenvalue weighted by molar-refractivity contribution is 7.07. The first-order chi connectivity index (χ1) is 6.36. The van der Waals surface area contributed by atoms with E-state index in [0.29, 0.717) is 6.04 Å². The average Bonchev–Trinajstić information content (AvgIpc) is 2.64. The molecule has 0 fully saturated rings. The number of hydrogen-bond donors (Lipinski definition) is 1. The van der Waals surface area contributed by atoms with Gasteiger partial charge in [0.2, 0.25) is 0 Å². The van der Waals surface area contributed by atoms with Crippen molar-refractivity contribution < 1.29 is 0 Å². The molecule has 0 radical (unpaired) electrons. The summed E-state index contributed by atoms with van der Waals surface area (Å²) in [5, 5.41) is 7.78. The highest BCUT2D eigenvalue weighted by Crippen LogP contribution is 2.11. The van der Waals surface area contributed by atoms with Crippen LogP contribution in [0.2, 0.25) is 0 Å². The molecule has 1 heterocycles. The number of unbranched alkanes of at least 4 members (excludes halogenated alkanes) is 1. The molecule has 1 aromatic heterocycles. The van der Waals surface area contributed by atoms with E-state index in [0.717, 1.165) is 0 Å². The molecule has 0 aliphatic carbocycles. The monoisotopic (exact) mass is 197 g/mol. The fourth-order valence-electron chi connectivity index (χ4n) is 1.49. The summed E-state index contributed by atoms with van der Waals surface area (Å²) in [5.74, 6) is 0. The Bertz CT molecular complexity index is 206. The van der Waals surface area contributed by atoms with E-state index in [-0.39, 0.29) is 0 Å². The second-order valence-corrected chi connectivity index (χ2v) is 4.24. The third-order valence-electron chi connectivity index (χ3n) is 2.38. The van der Waals surface area contributed by atoms with Crippen molar-refractivity contribution in [1.82, 2.24) is 5.32 Å². The van der Waals surface area contributed by atoms with Gasteiger partial charge in [0.1, 0.15) is 0 Å². The molecule has 13 heavy (non-hydrogen) atoms.